The molecule has 1 aromatic heterocycles. The summed E-state index contributed by atoms with van der Waals surface area (Å²) in [7, 11) is -2.54. The van der Waals surface area contributed by atoms with Gasteiger partial charge in [0.2, 0.25) is 15.9 Å². The molecule has 1 saturated heterocycles. The number of thiazole rings is 1. The lowest BCUT2D eigenvalue weighted by Gasteiger charge is -2.34. The van der Waals surface area contributed by atoms with E-state index in [1.807, 2.05) is 58.0 Å². The summed E-state index contributed by atoms with van der Waals surface area (Å²) in [6.07, 6.45) is -1.10. The molecule has 0 aliphatic carbocycles. The van der Waals surface area contributed by atoms with Gasteiger partial charge in [-0.15, -0.1) is 0 Å². The monoisotopic (exact) mass is 716 g/mol. The third-order valence-corrected chi connectivity index (χ3v) is 10.8. The minimum atomic E-state index is -4.03. The molecule has 1 aliphatic rings. The van der Waals surface area contributed by atoms with Crippen LogP contribution in [0, 0.1) is 22.0 Å². The Morgan fingerprint density at radius 1 is 1.10 bits per heavy atom. The molecule has 3 amide bonds. The van der Waals surface area contributed by atoms with Crippen molar-refractivity contribution in [3.8, 4) is 5.75 Å². The second-order valence-electron chi connectivity index (χ2n) is 12.7. The van der Waals surface area contributed by atoms with E-state index in [0.717, 1.165) is 16.9 Å². The Hall–Kier alpha value is -4.12. The molecule has 2 N–H and O–H groups in total. The van der Waals surface area contributed by atoms with E-state index in [1.165, 1.54) is 38.7 Å². The number of nitrogens with one attached hydrogen (secondary N) is 1. The van der Waals surface area contributed by atoms with Gasteiger partial charge in [0.1, 0.15) is 11.8 Å². The summed E-state index contributed by atoms with van der Waals surface area (Å²) in [6.45, 7) is 7.85. The zero-order chi connectivity index (χ0) is 35.9. The third kappa shape index (κ3) is 9.53. The van der Waals surface area contributed by atoms with Crippen molar-refractivity contribution in [2.45, 2.75) is 63.7 Å². The Morgan fingerprint density at radius 3 is 2.35 bits per heavy atom. The number of sulfonamides is 1. The number of hydrogen-bond donors (Lipinski definition) is 2. The Kier molecular flexibility index (Phi) is 12.7. The van der Waals surface area contributed by atoms with Crippen LogP contribution in [0.3, 0.4) is 0 Å². The average molecular weight is 717 g/mol. The molecule has 16 heteroatoms. The Morgan fingerprint density at radius 2 is 1.78 bits per heavy atom. The smallest absolute Gasteiger partial charge is 0.423 e. The second-order valence-corrected chi connectivity index (χ2v) is 15.5. The highest BCUT2D eigenvalue weighted by molar-refractivity contribution is 7.89. The lowest BCUT2D eigenvalue weighted by molar-refractivity contribution is -0.384. The van der Waals surface area contributed by atoms with E-state index >= 15 is 0 Å². The number of nitrogens with zero attached hydrogens (tertiary/aromatic N) is 5. The Labute approximate surface area is 290 Å². The Balaban J connectivity index is 1.56. The summed E-state index contributed by atoms with van der Waals surface area (Å²) in [5, 5.41) is 27.0. The van der Waals surface area contributed by atoms with Crippen molar-refractivity contribution in [1.82, 2.24) is 24.4 Å². The molecular formula is C33H44N6O8S2. The van der Waals surface area contributed by atoms with Crippen LogP contribution < -0.4 is 10.1 Å². The molecule has 0 radical (unpaired) electrons. The van der Waals surface area contributed by atoms with Gasteiger partial charge in [-0.05, 0) is 69.3 Å². The number of carbonyl (C=O) groups is 2. The minimum absolute atomic E-state index is 0.0500. The van der Waals surface area contributed by atoms with E-state index in [-0.39, 0.29) is 54.5 Å². The van der Waals surface area contributed by atoms with E-state index in [4.69, 9.17) is 4.74 Å². The maximum atomic E-state index is 14.0. The van der Waals surface area contributed by atoms with Crippen molar-refractivity contribution < 1.29 is 32.8 Å². The van der Waals surface area contributed by atoms with Crippen LogP contribution in [0.2, 0.25) is 0 Å². The number of ether oxygens (including phenoxy) is 1. The van der Waals surface area contributed by atoms with Crippen LogP contribution in [0.5, 0.6) is 5.75 Å². The molecule has 2 heterocycles. The van der Waals surface area contributed by atoms with E-state index in [9.17, 15) is 33.2 Å². The molecule has 0 saturated carbocycles. The van der Waals surface area contributed by atoms with Crippen LogP contribution in [0.25, 0.3) is 0 Å². The highest BCUT2D eigenvalue weighted by atomic mass is 32.2. The van der Waals surface area contributed by atoms with Crippen LogP contribution in [-0.4, -0.2) is 101 Å². The van der Waals surface area contributed by atoms with Gasteiger partial charge in [0.05, 0.1) is 30.7 Å². The molecule has 4 rings (SSSR count). The summed E-state index contributed by atoms with van der Waals surface area (Å²) in [6, 6.07) is 13.1. The number of carbonyl (C=O) groups excluding carboxylic acids is 2. The number of amides is 3. The van der Waals surface area contributed by atoms with Crippen molar-refractivity contribution in [1.29, 1.82) is 0 Å². The maximum absolute atomic E-state index is 14.0. The van der Waals surface area contributed by atoms with Crippen LogP contribution in [-0.2, 0) is 27.8 Å². The topological polar surface area (TPSA) is 176 Å². The number of urea groups is 1. The number of aromatic nitrogens is 1. The number of methoxy groups -OCH3 is 1. The summed E-state index contributed by atoms with van der Waals surface area (Å²) >= 11 is 0.882. The highest BCUT2D eigenvalue weighted by Gasteiger charge is 2.41. The average Bonchev–Trinajstić information content (AvgIpc) is 3.67. The van der Waals surface area contributed by atoms with Crippen LogP contribution in [0.4, 0.5) is 9.93 Å². The first-order valence-electron chi connectivity index (χ1n) is 16.0. The van der Waals surface area contributed by atoms with Crippen molar-refractivity contribution in [3.05, 3.63) is 81.3 Å². The first kappa shape index (κ1) is 37.7. The van der Waals surface area contributed by atoms with Crippen molar-refractivity contribution in [3.63, 3.8) is 0 Å². The zero-order valence-corrected chi connectivity index (χ0v) is 29.9. The quantitative estimate of drug-likeness (QED) is 0.156. The van der Waals surface area contributed by atoms with Gasteiger partial charge in [0, 0.05) is 31.6 Å². The molecule has 3 aromatic rings. The van der Waals surface area contributed by atoms with Crippen LogP contribution >= 0.6 is 11.3 Å². The van der Waals surface area contributed by atoms with E-state index in [1.54, 1.807) is 12.1 Å². The fraction of sp³-hybridized carbons (Fsp3) is 0.485. The molecule has 49 heavy (non-hydrogen) atoms. The standard InChI is InChI=1S/C33H44N6O8S2/c1-22(2)18-37(49(45,46)27-13-11-26(47-5)12-14-27)20-29(40)28(17-24-9-7-6-8-10-24)35-31(41)30(23(3)4)38-16-15-36(33(38)42)19-25-21-48-32(34-25)39(43)44/h6-14,21-23,28-30,40H,15-20H2,1-5H3,(H,35,41)/t28-,29-,30-/m0/s1. The number of aliphatic hydroxyl groups excluding tert-OH is 1. The molecule has 2 aromatic carbocycles. The Bertz CT molecular complexity index is 1680. The minimum Gasteiger partial charge on any atom is -0.497 e. The van der Waals surface area contributed by atoms with Gasteiger partial charge in [-0.1, -0.05) is 58.0 Å². The number of aliphatic hydroxyl groups is 1. The van der Waals surface area contributed by atoms with Gasteiger partial charge in [-0.3, -0.25) is 4.79 Å². The largest absolute Gasteiger partial charge is 0.497 e. The first-order chi connectivity index (χ1) is 23.2. The summed E-state index contributed by atoms with van der Waals surface area (Å²) in [4.78, 5) is 45.0. The summed E-state index contributed by atoms with van der Waals surface area (Å²) < 4.78 is 34.0. The van der Waals surface area contributed by atoms with Gasteiger partial charge >= 0.3 is 11.2 Å². The van der Waals surface area contributed by atoms with Gasteiger partial charge in [-0.2, -0.15) is 4.31 Å². The lowest BCUT2D eigenvalue weighted by atomic mass is 9.97. The maximum Gasteiger partial charge on any atom is 0.423 e. The van der Waals surface area contributed by atoms with Crippen molar-refractivity contribution >= 4 is 38.4 Å². The summed E-state index contributed by atoms with van der Waals surface area (Å²) in [5.74, 6) is -0.353. The fourth-order valence-electron chi connectivity index (χ4n) is 5.79. The predicted octanol–water partition coefficient (Wildman–Crippen LogP) is 3.76. The van der Waals surface area contributed by atoms with Crippen molar-refractivity contribution in [2.24, 2.45) is 11.8 Å². The molecule has 14 nitrogen and oxygen atoms in total. The zero-order valence-electron chi connectivity index (χ0n) is 28.3. The molecule has 0 unspecified atom stereocenters. The molecular weight excluding hydrogens is 673 g/mol. The van der Waals surface area contributed by atoms with Crippen LogP contribution in [0.1, 0.15) is 39.0 Å². The van der Waals surface area contributed by atoms with Gasteiger partial charge in [0.25, 0.3) is 0 Å². The normalized spacial score (nSPS) is 15.6. The molecule has 266 valence electrons. The van der Waals surface area contributed by atoms with E-state index in [0.29, 0.717) is 18.0 Å². The number of benzene rings is 2. The second kappa shape index (κ2) is 16.5. The lowest BCUT2D eigenvalue weighted by Crippen LogP contribution is -2.57. The van der Waals surface area contributed by atoms with E-state index < -0.39 is 45.1 Å². The highest BCUT2D eigenvalue weighted by Crippen LogP contribution is 2.25. The van der Waals surface area contributed by atoms with E-state index in [2.05, 4.69) is 10.3 Å². The molecule has 0 bridgehead atoms. The number of hydrogen-bond acceptors (Lipinski definition) is 10. The van der Waals surface area contributed by atoms with Gasteiger partial charge in [-0.25, -0.2) is 13.2 Å². The SMILES string of the molecule is COc1ccc(S(=O)(=O)N(CC(C)C)C[C@H](O)[C@H](Cc2ccccc2)NC(=O)[C@H](C(C)C)N2CCN(Cc3csc([N+](=O)[O-])n3)C2=O)cc1. The molecule has 3 atom stereocenters. The summed E-state index contributed by atoms with van der Waals surface area (Å²) in [5.41, 5.74) is 1.21. The molecule has 0 spiro atoms. The fourth-order valence-corrected chi connectivity index (χ4v) is 8.03. The molecule has 1 aliphatic heterocycles. The van der Waals surface area contributed by atoms with Gasteiger partial charge in [0.15, 0.2) is 5.69 Å². The number of rotatable bonds is 17. The predicted molar refractivity (Wildman–Crippen MR) is 185 cm³/mol. The molecule has 1 fully saturated rings. The van der Waals surface area contributed by atoms with Crippen LogP contribution in [0.15, 0.2) is 64.9 Å². The van der Waals surface area contributed by atoms with Gasteiger partial charge < -0.3 is 35.1 Å². The third-order valence-electron chi connectivity index (χ3n) is 8.16. The number of nitro groups is 1. The van der Waals surface area contributed by atoms with Crippen molar-refractivity contribution in [2.75, 3.05) is 33.3 Å². The first-order valence-corrected chi connectivity index (χ1v) is 18.3.